The molecule has 1 aliphatic rings. The summed E-state index contributed by atoms with van der Waals surface area (Å²) >= 11 is 0. The molecule has 2 nitrogen and oxygen atoms in total. The van der Waals surface area contributed by atoms with Crippen LogP contribution < -0.4 is 5.32 Å². The van der Waals surface area contributed by atoms with Gasteiger partial charge in [-0.3, -0.25) is 0 Å². The van der Waals surface area contributed by atoms with Crippen LogP contribution in [0.3, 0.4) is 0 Å². The van der Waals surface area contributed by atoms with Crippen molar-refractivity contribution in [2.75, 3.05) is 19.8 Å². The normalized spacial score (nSPS) is 22.5. The molecule has 0 radical (unpaired) electrons. The summed E-state index contributed by atoms with van der Waals surface area (Å²) in [5, 5.41) is 3.62. The molecule has 0 amide bonds. The zero-order valence-electron chi connectivity index (χ0n) is 8.36. The molecule has 0 spiro atoms. The van der Waals surface area contributed by atoms with Crippen LogP contribution in [-0.2, 0) is 4.74 Å². The molecule has 1 heterocycles. The molecule has 1 N–H and O–H groups in total. The lowest BCUT2D eigenvalue weighted by atomic mass is 9.92. The number of hydrogen-bond acceptors (Lipinski definition) is 2. The molecule has 0 aromatic rings. The van der Waals surface area contributed by atoms with Gasteiger partial charge in [0.1, 0.15) is 0 Å². The number of nitrogens with one attached hydrogen (secondary N) is 1. The van der Waals surface area contributed by atoms with Gasteiger partial charge in [0.2, 0.25) is 0 Å². The highest BCUT2D eigenvalue weighted by Gasteiger charge is 2.25. The van der Waals surface area contributed by atoms with Gasteiger partial charge in [0.25, 0.3) is 0 Å². The van der Waals surface area contributed by atoms with Crippen LogP contribution in [0.25, 0.3) is 0 Å². The fraction of sp³-hybridized carbons (Fsp3) is 1.00. The Kier molecular flexibility index (Phi) is 4.02. The first-order valence-electron chi connectivity index (χ1n) is 5.10. The van der Waals surface area contributed by atoms with Crippen molar-refractivity contribution >= 4 is 0 Å². The number of rotatable bonds is 4. The molecule has 0 saturated carbocycles. The van der Waals surface area contributed by atoms with E-state index < -0.39 is 0 Å². The van der Waals surface area contributed by atoms with Gasteiger partial charge in [-0.2, -0.15) is 0 Å². The van der Waals surface area contributed by atoms with E-state index in [1.54, 1.807) is 0 Å². The summed E-state index contributed by atoms with van der Waals surface area (Å²) in [6.07, 6.45) is 4.89. The summed E-state index contributed by atoms with van der Waals surface area (Å²) in [6, 6.07) is 0. The van der Waals surface area contributed by atoms with Crippen molar-refractivity contribution in [3.8, 4) is 0 Å². The summed E-state index contributed by atoms with van der Waals surface area (Å²) in [5.74, 6) is 0. The van der Waals surface area contributed by atoms with Gasteiger partial charge in [0.15, 0.2) is 0 Å². The van der Waals surface area contributed by atoms with Crippen molar-refractivity contribution in [3.63, 3.8) is 0 Å². The number of hydrogen-bond donors (Lipinski definition) is 1. The lowest BCUT2D eigenvalue weighted by Crippen LogP contribution is -2.47. The van der Waals surface area contributed by atoms with Gasteiger partial charge in [-0.1, -0.05) is 13.3 Å². The SMILES string of the molecule is CCCCNC1(C)CCOCC1. The van der Waals surface area contributed by atoms with Crippen molar-refractivity contribution < 1.29 is 4.74 Å². The fourth-order valence-corrected chi connectivity index (χ4v) is 1.57. The second kappa shape index (κ2) is 4.83. The van der Waals surface area contributed by atoms with E-state index in [0.717, 1.165) is 32.6 Å². The second-order valence-corrected chi connectivity index (χ2v) is 3.95. The summed E-state index contributed by atoms with van der Waals surface area (Å²) in [6.45, 7) is 7.55. The van der Waals surface area contributed by atoms with E-state index in [1.165, 1.54) is 12.8 Å². The summed E-state index contributed by atoms with van der Waals surface area (Å²) in [4.78, 5) is 0. The maximum atomic E-state index is 5.33. The van der Waals surface area contributed by atoms with E-state index in [2.05, 4.69) is 19.2 Å². The van der Waals surface area contributed by atoms with Gasteiger partial charge in [-0.05, 0) is 32.7 Å². The molecule has 12 heavy (non-hydrogen) atoms. The topological polar surface area (TPSA) is 21.3 Å². The molecule has 0 aromatic carbocycles. The minimum Gasteiger partial charge on any atom is -0.381 e. The highest BCUT2D eigenvalue weighted by molar-refractivity contribution is 4.84. The lowest BCUT2D eigenvalue weighted by molar-refractivity contribution is 0.0453. The monoisotopic (exact) mass is 171 g/mol. The Balaban J connectivity index is 2.17. The molecule has 1 aliphatic heterocycles. The Bertz CT molecular complexity index is 119. The summed E-state index contributed by atoms with van der Waals surface area (Å²) in [5.41, 5.74) is 0.355. The molecule has 0 aromatic heterocycles. The minimum absolute atomic E-state index is 0.355. The molecule has 1 saturated heterocycles. The van der Waals surface area contributed by atoms with Crippen LogP contribution in [0.1, 0.15) is 39.5 Å². The van der Waals surface area contributed by atoms with Crippen molar-refractivity contribution in [2.24, 2.45) is 0 Å². The second-order valence-electron chi connectivity index (χ2n) is 3.95. The predicted molar refractivity (Wildman–Crippen MR) is 51.4 cm³/mol. The standard InChI is InChI=1S/C10H21NO/c1-3-4-7-11-10(2)5-8-12-9-6-10/h11H,3-9H2,1-2H3. The molecule has 2 heteroatoms. The molecule has 72 valence electrons. The molecule has 0 unspecified atom stereocenters. The van der Waals surface area contributed by atoms with E-state index in [1.807, 2.05) is 0 Å². The van der Waals surface area contributed by atoms with Gasteiger partial charge in [0, 0.05) is 18.8 Å². The van der Waals surface area contributed by atoms with E-state index >= 15 is 0 Å². The van der Waals surface area contributed by atoms with Gasteiger partial charge in [-0.25, -0.2) is 0 Å². The Labute approximate surface area is 75.7 Å². The molecular formula is C10H21NO. The maximum absolute atomic E-state index is 5.33. The Morgan fingerprint density at radius 2 is 2.00 bits per heavy atom. The first kappa shape index (κ1) is 10.0. The van der Waals surface area contributed by atoms with Crippen molar-refractivity contribution in [1.29, 1.82) is 0 Å². The van der Waals surface area contributed by atoms with Crippen LogP contribution in [0.2, 0.25) is 0 Å². The largest absolute Gasteiger partial charge is 0.381 e. The van der Waals surface area contributed by atoms with E-state index in [4.69, 9.17) is 4.74 Å². The van der Waals surface area contributed by atoms with Crippen molar-refractivity contribution in [3.05, 3.63) is 0 Å². The Hall–Kier alpha value is -0.0800. The smallest absolute Gasteiger partial charge is 0.0483 e. The van der Waals surface area contributed by atoms with Gasteiger partial charge < -0.3 is 10.1 Å². The molecule has 0 atom stereocenters. The summed E-state index contributed by atoms with van der Waals surface area (Å²) < 4.78 is 5.33. The van der Waals surface area contributed by atoms with Gasteiger partial charge in [0.05, 0.1) is 0 Å². The predicted octanol–water partition coefficient (Wildman–Crippen LogP) is 1.95. The summed E-state index contributed by atoms with van der Waals surface area (Å²) in [7, 11) is 0. The maximum Gasteiger partial charge on any atom is 0.0483 e. The van der Waals surface area contributed by atoms with Crippen LogP contribution in [0, 0.1) is 0 Å². The van der Waals surface area contributed by atoms with E-state index in [9.17, 15) is 0 Å². The Morgan fingerprint density at radius 3 is 2.58 bits per heavy atom. The first-order chi connectivity index (χ1) is 5.77. The van der Waals surface area contributed by atoms with Crippen LogP contribution in [0.4, 0.5) is 0 Å². The van der Waals surface area contributed by atoms with Crippen LogP contribution >= 0.6 is 0 Å². The lowest BCUT2D eigenvalue weighted by Gasteiger charge is -2.34. The fourth-order valence-electron chi connectivity index (χ4n) is 1.57. The minimum atomic E-state index is 0.355. The number of unbranched alkanes of at least 4 members (excludes halogenated alkanes) is 1. The molecular weight excluding hydrogens is 150 g/mol. The third kappa shape index (κ3) is 3.11. The highest BCUT2D eigenvalue weighted by atomic mass is 16.5. The van der Waals surface area contributed by atoms with E-state index in [-0.39, 0.29) is 0 Å². The molecule has 0 aliphatic carbocycles. The molecule has 1 rings (SSSR count). The van der Waals surface area contributed by atoms with Crippen LogP contribution in [0.15, 0.2) is 0 Å². The third-order valence-corrected chi connectivity index (χ3v) is 2.68. The highest BCUT2D eigenvalue weighted by Crippen LogP contribution is 2.19. The van der Waals surface area contributed by atoms with E-state index in [0.29, 0.717) is 5.54 Å². The van der Waals surface area contributed by atoms with Crippen LogP contribution in [0.5, 0.6) is 0 Å². The van der Waals surface area contributed by atoms with Crippen molar-refractivity contribution in [1.82, 2.24) is 5.32 Å². The van der Waals surface area contributed by atoms with Gasteiger partial charge in [-0.15, -0.1) is 0 Å². The Morgan fingerprint density at radius 1 is 1.33 bits per heavy atom. The zero-order valence-corrected chi connectivity index (χ0v) is 8.36. The quantitative estimate of drug-likeness (QED) is 0.653. The average Bonchev–Trinajstić information content (AvgIpc) is 2.06. The van der Waals surface area contributed by atoms with Crippen molar-refractivity contribution in [2.45, 2.75) is 45.1 Å². The average molecular weight is 171 g/mol. The molecule has 1 fully saturated rings. The molecule has 0 bridgehead atoms. The number of ether oxygens (including phenoxy) is 1. The third-order valence-electron chi connectivity index (χ3n) is 2.68. The zero-order chi connectivity index (χ0) is 8.86. The van der Waals surface area contributed by atoms with Gasteiger partial charge >= 0.3 is 0 Å². The van der Waals surface area contributed by atoms with Crippen LogP contribution in [-0.4, -0.2) is 25.3 Å². The first-order valence-corrected chi connectivity index (χ1v) is 5.10.